The first-order valence-electron chi connectivity index (χ1n) is 4.72. The monoisotopic (exact) mass is 233 g/mol. The van der Waals surface area contributed by atoms with Crippen molar-refractivity contribution in [3.05, 3.63) is 36.1 Å². The van der Waals surface area contributed by atoms with E-state index in [9.17, 15) is 0 Å². The molecule has 5 nitrogen and oxygen atoms in total. The van der Waals surface area contributed by atoms with Crippen LogP contribution in [0.1, 0.15) is 0 Å². The third kappa shape index (κ3) is 1.37. The van der Waals surface area contributed by atoms with Crippen molar-refractivity contribution in [2.75, 3.05) is 0 Å². The summed E-state index contributed by atoms with van der Waals surface area (Å²) in [4.78, 5) is 3.93. The zero-order valence-corrected chi connectivity index (χ0v) is 9.26. The van der Waals surface area contributed by atoms with Gasteiger partial charge in [-0.15, -0.1) is 0 Å². The van der Waals surface area contributed by atoms with Crippen LogP contribution in [-0.2, 0) is 7.05 Å². The topological polar surface area (TPSA) is 48.0 Å². The van der Waals surface area contributed by atoms with Crippen molar-refractivity contribution >= 4 is 17.1 Å². The van der Waals surface area contributed by atoms with E-state index in [2.05, 4.69) is 15.2 Å². The van der Waals surface area contributed by atoms with Crippen LogP contribution in [0, 0.1) is 0 Å². The van der Waals surface area contributed by atoms with Gasteiger partial charge in [-0.05, 0) is 6.07 Å². The summed E-state index contributed by atoms with van der Waals surface area (Å²) < 4.78 is 3.46. The second kappa shape index (κ2) is 3.31. The van der Waals surface area contributed by atoms with Crippen molar-refractivity contribution in [3.8, 4) is 11.1 Å². The molecule has 3 aromatic heterocycles. The van der Waals surface area contributed by atoms with Crippen LogP contribution in [0.3, 0.4) is 0 Å². The molecule has 0 N–H and O–H groups in total. The summed E-state index contributed by atoms with van der Waals surface area (Å²) in [6, 6.07) is 1.94. The molecule has 0 aliphatic rings. The van der Waals surface area contributed by atoms with E-state index in [4.69, 9.17) is 11.6 Å². The van der Waals surface area contributed by atoms with E-state index in [1.807, 2.05) is 25.5 Å². The van der Waals surface area contributed by atoms with Gasteiger partial charge in [-0.1, -0.05) is 11.6 Å². The Labute approximate surface area is 96.3 Å². The highest BCUT2D eigenvalue weighted by Crippen LogP contribution is 2.24. The number of halogens is 1. The maximum atomic E-state index is 5.97. The van der Waals surface area contributed by atoms with E-state index in [1.54, 1.807) is 15.4 Å². The molecule has 16 heavy (non-hydrogen) atoms. The molecule has 0 unspecified atom stereocenters. The number of aryl methyl sites for hydroxylation is 1. The van der Waals surface area contributed by atoms with Gasteiger partial charge in [0.25, 0.3) is 0 Å². The first-order valence-corrected chi connectivity index (χ1v) is 5.10. The molecule has 3 rings (SSSR count). The Kier molecular flexibility index (Phi) is 1.94. The number of nitrogens with zero attached hydrogens (tertiary/aromatic N) is 5. The van der Waals surface area contributed by atoms with Crippen LogP contribution >= 0.6 is 11.6 Å². The molecule has 0 bridgehead atoms. The average molecular weight is 234 g/mol. The van der Waals surface area contributed by atoms with Gasteiger partial charge in [0.1, 0.15) is 11.8 Å². The Bertz CT molecular complexity index is 654. The molecule has 0 spiro atoms. The van der Waals surface area contributed by atoms with E-state index in [0.717, 1.165) is 16.6 Å². The largest absolute Gasteiger partial charge is 0.275 e. The van der Waals surface area contributed by atoms with Crippen molar-refractivity contribution in [1.29, 1.82) is 0 Å². The van der Waals surface area contributed by atoms with Gasteiger partial charge < -0.3 is 0 Å². The first-order chi connectivity index (χ1) is 7.74. The quantitative estimate of drug-likeness (QED) is 0.644. The second-order valence-electron chi connectivity index (χ2n) is 3.51. The maximum Gasteiger partial charge on any atom is 0.156 e. The Morgan fingerprint density at radius 3 is 2.75 bits per heavy atom. The summed E-state index contributed by atoms with van der Waals surface area (Å²) in [7, 11) is 1.88. The van der Waals surface area contributed by atoms with E-state index < -0.39 is 0 Å². The van der Waals surface area contributed by atoms with Crippen molar-refractivity contribution in [3.63, 3.8) is 0 Å². The fraction of sp³-hybridized carbons (Fsp3) is 0.100. The van der Waals surface area contributed by atoms with E-state index in [-0.39, 0.29) is 0 Å². The van der Waals surface area contributed by atoms with Crippen LogP contribution in [0.5, 0.6) is 0 Å². The normalized spacial score (nSPS) is 11.1. The molecular weight excluding hydrogens is 226 g/mol. The Morgan fingerprint density at radius 2 is 2.06 bits per heavy atom. The highest BCUT2D eigenvalue weighted by atomic mass is 35.5. The van der Waals surface area contributed by atoms with Crippen LogP contribution in [0.4, 0.5) is 0 Å². The number of hydrogen-bond acceptors (Lipinski definition) is 3. The Balaban J connectivity index is 2.22. The van der Waals surface area contributed by atoms with Crippen molar-refractivity contribution in [2.24, 2.45) is 7.05 Å². The Morgan fingerprint density at radius 1 is 1.19 bits per heavy atom. The minimum absolute atomic E-state index is 0.449. The van der Waals surface area contributed by atoms with Gasteiger partial charge in [0.15, 0.2) is 5.15 Å². The lowest BCUT2D eigenvalue weighted by molar-refractivity contribution is 0.768. The average Bonchev–Trinajstić information content (AvgIpc) is 2.84. The molecule has 3 aromatic rings. The van der Waals surface area contributed by atoms with Crippen LogP contribution in [0.25, 0.3) is 16.6 Å². The standard InChI is InChI=1S/C10H8ClN5/c1-15-4-8(3-13-15)7-2-9-10(11)12-6-14-16(9)5-7/h2-6H,1H3. The molecule has 0 aromatic carbocycles. The molecular formula is C10H8ClN5. The van der Waals surface area contributed by atoms with Gasteiger partial charge in [-0.3, -0.25) is 4.68 Å². The molecule has 0 atom stereocenters. The highest BCUT2D eigenvalue weighted by molar-refractivity contribution is 6.32. The minimum Gasteiger partial charge on any atom is -0.275 e. The molecule has 3 heterocycles. The maximum absolute atomic E-state index is 5.97. The lowest BCUT2D eigenvalue weighted by Gasteiger charge is -1.91. The zero-order valence-electron chi connectivity index (χ0n) is 8.50. The van der Waals surface area contributed by atoms with Gasteiger partial charge in [-0.25, -0.2) is 9.50 Å². The van der Waals surface area contributed by atoms with Crippen LogP contribution in [0.15, 0.2) is 31.0 Å². The predicted molar refractivity (Wildman–Crippen MR) is 60.2 cm³/mol. The minimum atomic E-state index is 0.449. The molecule has 0 saturated carbocycles. The van der Waals surface area contributed by atoms with Crippen LogP contribution in [-0.4, -0.2) is 24.4 Å². The highest BCUT2D eigenvalue weighted by Gasteiger charge is 2.07. The van der Waals surface area contributed by atoms with E-state index >= 15 is 0 Å². The summed E-state index contributed by atoms with van der Waals surface area (Å²) in [6.45, 7) is 0. The van der Waals surface area contributed by atoms with Crippen LogP contribution < -0.4 is 0 Å². The van der Waals surface area contributed by atoms with Gasteiger partial charge in [0.05, 0.1) is 6.20 Å². The molecule has 6 heteroatoms. The number of hydrogen-bond donors (Lipinski definition) is 0. The second-order valence-corrected chi connectivity index (χ2v) is 3.87. The Hall–Kier alpha value is -1.88. The molecule has 80 valence electrons. The van der Waals surface area contributed by atoms with Crippen molar-refractivity contribution in [2.45, 2.75) is 0 Å². The SMILES string of the molecule is Cn1cc(-c2cc3c(Cl)ncnn3c2)cn1. The molecule has 0 radical (unpaired) electrons. The molecule has 0 saturated heterocycles. The van der Waals surface area contributed by atoms with Crippen molar-refractivity contribution in [1.82, 2.24) is 24.4 Å². The van der Waals surface area contributed by atoms with Crippen molar-refractivity contribution < 1.29 is 0 Å². The third-order valence-electron chi connectivity index (χ3n) is 2.40. The van der Waals surface area contributed by atoms with Gasteiger partial charge in [0.2, 0.25) is 0 Å². The van der Waals surface area contributed by atoms with E-state index in [1.165, 1.54) is 6.33 Å². The number of fused-ring (bicyclic) bond motifs is 1. The lowest BCUT2D eigenvalue weighted by atomic mass is 10.2. The summed E-state index contributed by atoms with van der Waals surface area (Å²) in [5.74, 6) is 0. The smallest absolute Gasteiger partial charge is 0.156 e. The summed E-state index contributed by atoms with van der Waals surface area (Å²) in [5, 5.41) is 8.66. The van der Waals surface area contributed by atoms with E-state index in [0.29, 0.717) is 5.15 Å². The lowest BCUT2D eigenvalue weighted by Crippen LogP contribution is -1.90. The van der Waals surface area contributed by atoms with Gasteiger partial charge >= 0.3 is 0 Å². The van der Waals surface area contributed by atoms with Gasteiger partial charge in [-0.2, -0.15) is 10.2 Å². The first kappa shape index (κ1) is 9.35. The summed E-state index contributed by atoms with van der Waals surface area (Å²) in [5.41, 5.74) is 2.85. The third-order valence-corrected chi connectivity index (χ3v) is 2.69. The zero-order chi connectivity index (χ0) is 11.1. The summed E-state index contributed by atoms with van der Waals surface area (Å²) in [6.07, 6.45) is 7.08. The number of rotatable bonds is 1. The molecule has 0 fully saturated rings. The fourth-order valence-electron chi connectivity index (χ4n) is 1.63. The number of aromatic nitrogens is 5. The molecule has 0 aliphatic carbocycles. The molecule has 0 aliphatic heterocycles. The molecule has 0 amide bonds. The van der Waals surface area contributed by atoms with Crippen LogP contribution in [0.2, 0.25) is 5.15 Å². The fourth-order valence-corrected chi connectivity index (χ4v) is 1.81. The predicted octanol–water partition coefficient (Wildman–Crippen LogP) is 1.78. The van der Waals surface area contributed by atoms with Gasteiger partial charge in [0, 0.05) is 30.6 Å². The summed E-state index contributed by atoms with van der Waals surface area (Å²) >= 11 is 5.97.